The second-order valence-electron chi connectivity index (χ2n) is 8.82. The summed E-state index contributed by atoms with van der Waals surface area (Å²) in [6.07, 6.45) is 3.08. The average molecular weight is 531 g/mol. The lowest BCUT2D eigenvalue weighted by atomic mass is 10.2. The van der Waals surface area contributed by atoms with Crippen LogP contribution in [0.15, 0.2) is 73.2 Å². The van der Waals surface area contributed by atoms with Gasteiger partial charge >= 0.3 is 0 Å². The minimum atomic E-state index is -0.264. The number of ether oxygens (including phenoxy) is 1. The summed E-state index contributed by atoms with van der Waals surface area (Å²) in [4.78, 5) is 30.8. The number of piperazine rings is 1. The van der Waals surface area contributed by atoms with Crippen molar-refractivity contribution in [2.24, 2.45) is 0 Å². The standard InChI is InChI=1S/C27H30N8O2S/c28-21-8-4-5-9-22(21)32-26(36)23-17-29-27(38-23)33-24-16-25(31-19-30-24)35-12-10-34(11-13-35)14-15-37-18-20-6-2-1-3-7-20/h1-9,16-17,19H,10-15,18,28H2,(H,32,36)(H,29,30,31,33). The van der Waals surface area contributed by atoms with E-state index >= 15 is 0 Å². The second-order valence-corrected chi connectivity index (χ2v) is 9.86. The third kappa shape index (κ3) is 6.82. The van der Waals surface area contributed by atoms with Crippen molar-refractivity contribution in [1.29, 1.82) is 0 Å². The van der Waals surface area contributed by atoms with Gasteiger partial charge in [-0.3, -0.25) is 9.69 Å². The normalized spacial score (nSPS) is 13.8. The van der Waals surface area contributed by atoms with E-state index in [0.717, 1.165) is 38.5 Å². The third-order valence-electron chi connectivity index (χ3n) is 6.19. The lowest BCUT2D eigenvalue weighted by molar-refractivity contribution is 0.0906. The number of carbonyl (C=O) groups is 1. The zero-order valence-corrected chi connectivity index (χ0v) is 21.7. The van der Waals surface area contributed by atoms with Gasteiger partial charge in [-0.15, -0.1) is 0 Å². The Hall–Kier alpha value is -4.06. The van der Waals surface area contributed by atoms with E-state index in [0.29, 0.717) is 40.4 Å². The lowest BCUT2D eigenvalue weighted by Crippen LogP contribution is -2.47. The number of para-hydroxylation sites is 2. The Morgan fingerprint density at radius 1 is 1.00 bits per heavy atom. The number of thiazole rings is 1. The van der Waals surface area contributed by atoms with Crippen LogP contribution in [0.1, 0.15) is 15.2 Å². The molecule has 1 saturated heterocycles. The molecule has 0 spiro atoms. The van der Waals surface area contributed by atoms with Crippen molar-refractivity contribution in [3.8, 4) is 0 Å². The summed E-state index contributed by atoms with van der Waals surface area (Å²) in [6, 6.07) is 19.3. The molecule has 4 N–H and O–H groups in total. The fraction of sp³-hybridized carbons (Fsp3) is 0.259. The molecule has 1 fully saturated rings. The van der Waals surface area contributed by atoms with Gasteiger partial charge in [-0.25, -0.2) is 15.0 Å². The van der Waals surface area contributed by atoms with E-state index in [4.69, 9.17) is 10.5 Å². The highest BCUT2D eigenvalue weighted by Gasteiger charge is 2.19. The van der Waals surface area contributed by atoms with E-state index in [2.05, 4.69) is 47.5 Å². The maximum absolute atomic E-state index is 12.6. The number of nitrogen functional groups attached to an aromatic ring is 1. The Morgan fingerprint density at radius 3 is 2.61 bits per heavy atom. The Kier molecular flexibility index (Phi) is 8.39. The predicted octanol–water partition coefficient (Wildman–Crippen LogP) is 3.85. The summed E-state index contributed by atoms with van der Waals surface area (Å²) < 4.78 is 5.84. The van der Waals surface area contributed by atoms with E-state index in [1.54, 1.807) is 18.5 Å². The van der Waals surface area contributed by atoms with Crippen LogP contribution in [-0.2, 0) is 11.3 Å². The predicted molar refractivity (Wildman–Crippen MR) is 151 cm³/mol. The first-order chi connectivity index (χ1) is 18.6. The Bertz CT molecular complexity index is 1340. The average Bonchev–Trinajstić information content (AvgIpc) is 3.42. The molecule has 1 amide bonds. The summed E-state index contributed by atoms with van der Waals surface area (Å²) in [5.74, 6) is 1.22. The van der Waals surface area contributed by atoms with Crippen LogP contribution in [0.5, 0.6) is 0 Å². The highest BCUT2D eigenvalue weighted by atomic mass is 32.1. The molecule has 0 aliphatic carbocycles. The summed E-state index contributed by atoms with van der Waals surface area (Å²) in [6.45, 7) is 5.90. The monoisotopic (exact) mass is 530 g/mol. The van der Waals surface area contributed by atoms with Crippen LogP contribution in [0.4, 0.5) is 28.1 Å². The van der Waals surface area contributed by atoms with Crippen LogP contribution in [-0.4, -0.2) is 65.1 Å². The molecular formula is C27H30N8O2S. The highest BCUT2D eigenvalue weighted by molar-refractivity contribution is 7.17. The minimum Gasteiger partial charge on any atom is -0.397 e. The van der Waals surface area contributed by atoms with Gasteiger partial charge in [0, 0.05) is 38.8 Å². The van der Waals surface area contributed by atoms with Crippen molar-refractivity contribution in [3.05, 3.63) is 83.6 Å². The SMILES string of the molecule is Nc1ccccc1NC(=O)c1cnc(Nc2cc(N3CCN(CCOCc4ccccc4)CC3)ncn2)s1. The van der Waals surface area contributed by atoms with Gasteiger partial charge in [0.05, 0.1) is 30.8 Å². The molecule has 2 aromatic carbocycles. The van der Waals surface area contributed by atoms with Crippen LogP contribution < -0.4 is 21.3 Å². The van der Waals surface area contributed by atoms with Gasteiger partial charge in [-0.2, -0.15) is 0 Å². The van der Waals surface area contributed by atoms with Gasteiger partial charge in [0.25, 0.3) is 5.91 Å². The molecule has 1 aliphatic rings. The molecule has 10 nitrogen and oxygen atoms in total. The second kappa shape index (κ2) is 12.5. The molecule has 0 unspecified atom stereocenters. The number of amides is 1. The molecule has 0 radical (unpaired) electrons. The molecule has 196 valence electrons. The van der Waals surface area contributed by atoms with Crippen LogP contribution in [0.25, 0.3) is 0 Å². The van der Waals surface area contributed by atoms with Crippen molar-refractivity contribution >= 4 is 45.4 Å². The van der Waals surface area contributed by atoms with E-state index in [9.17, 15) is 4.79 Å². The molecule has 0 bridgehead atoms. The summed E-state index contributed by atoms with van der Waals surface area (Å²) in [7, 11) is 0. The third-order valence-corrected chi connectivity index (χ3v) is 7.10. The van der Waals surface area contributed by atoms with Crippen molar-refractivity contribution in [3.63, 3.8) is 0 Å². The quantitative estimate of drug-likeness (QED) is 0.207. The highest BCUT2D eigenvalue weighted by Crippen LogP contribution is 2.25. The Balaban J connectivity index is 1.09. The largest absolute Gasteiger partial charge is 0.397 e. The van der Waals surface area contributed by atoms with E-state index in [1.807, 2.05) is 36.4 Å². The lowest BCUT2D eigenvalue weighted by Gasteiger charge is -2.35. The number of carbonyl (C=O) groups excluding carboxylic acids is 1. The minimum absolute atomic E-state index is 0.264. The fourth-order valence-electron chi connectivity index (χ4n) is 4.09. The van der Waals surface area contributed by atoms with E-state index in [-0.39, 0.29) is 5.91 Å². The van der Waals surface area contributed by atoms with Gasteiger partial charge < -0.3 is 26.0 Å². The Labute approximate surface area is 225 Å². The number of rotatable bonds is 10. The van der Waals surface area contributed by atoms with Crippen LogP contribution in [0.2, 0.25) is 0 Å². The topological polar surface area (TPSA) is 122 Å². The molecule has 38 heavy (non-hydrogen) atoms. The molecule has 2 aromatic heterocycles. The van der Waals surface area contributed by atoms with Crippen molar-refractivity contribution < 1.29 is 9.53 Å². The number of aromatic nitrogens is 3. The molecule has 0 saturated carbocycles. The molecule has 1 aliphatic heterocycles. The molecular weight excluding hydrogens is 500 g/mol. The maximum atomic E-state index is 12.6. The number of hydrogen-bond donors (Lipinski definition) is 3. The first kappa shape index (κ1) is 25.6. The number of benzene rings is 2. The number of anilines is 5. The number of nitrogens with two attached hydrogens (primary N) is 1. The molecule has 3 heterocycles. The Morgan fingerprint density at radius 2 is 1.79 bits per heavy atom. The smallest absolute Gasteiger partial charge is 0.267 e. The van der Waals surface area contributed by atoms with Crippen LogP contribution >= 0.6 is 11.3 Å². The van der Waals surface area contributed by atoms with Gasteiger partial charge in [0.1, 0.15) is 22.8 Å². The number of nitrogens with one attached hydrogen (secondary N) is 2. The van der Waals surface area contributed by atoms with Gasteiger partial charge in [-0.05, 0) is 17.7 Å². The van der Waals surface area contributed by atoms with E-state index in [1.165, 1.54) is 23.1 Å². The van der Waals surface area contributed by atoms with Gasteiger partial charge in [0.15, 0.2) is 5.13 Å². The number of hydrogen-bond acceptors (Lipinski definition) is 10. The summed E-state index contributed by atoms with van der Waals surface area (Å²) in [5.41, 5.74) is 8.19. The molecule has 0 atom stereocenters. The number of nitrogens with zero attached hydrogens (tertiary/aromatic N) is 5. The first-order valence-electron chi connectivity index (χ1n) is 12.4. The zero-order chi connectivity index (χ0) is 26.2. The molecule has 4 aromatic rings. The van der Waals surface area contributed by atoms with Crippen LogP contribution in [0, 0.1) is 0 Å². The van der Waals surface area contributed by atoms with Crippen molar-refractivity contribution in [2.45, 2.75) is 6.61 Å². The first-order valence-corrected chi connectivity index (χ1v) is 13.3. The molecule has 11 heteroatoms. The van der Waals surface area contributed by atoms with Crippen LogP contribution in [0.3, 0.4) is 0 Å². The fourth-order valence-corrected chi connectivity index (χ4v) is 4.81. The van der Waals surface area contributed by atoms with Crippen molar-refractivity contribution in [1.82, 2.24) is 19.9 Å². The molecule has 5 rings (SSSR count). The van der Waals surface area contributed by atoms with E-state index < -0.39 is 0 Å². The summed E-state index contributed by atoms with van der Waals surface area (Å²) >= 11 is 1.24. The van der Waals surface area contributed by atoms with Gasteiger partial charge in [0.2, 0.25) is 0 Å². The maximum Gasteiger partial charge on any atom is 0.267 e. The zero-order valence-electron chi connectivity index (χ0n) is 20.9. The summed E-state index contributed by atoms with van der Waals surface area (Å²) in [5, 5.41) is 6.58. The van der Waals surface area contributed by atoms with Crippen molar-refractivity contribution in [2.75, 3.05) is 60.6 Å². The van der Waals surface area contributed by atoms with Gasteiger partial charge in [-0.1, -0.05) is 53.8 Å².